The van der Waals surface area contributed by atoms with Crippen LogP contribution in [0.3, 0.4) is 0 Å². The van der Waals surface area contributed by atoms with Gasteiger partial charge in [-0.05, 0) is 14.1 Å². The lowest BCUT2D eigenvalue weighted by atomic mass is 10.1. The SMILES string of the molecule is C#CCC(N)C(=O)NCC1CN(C)CCN1C. The summed E-state index contributed by atoms with van der Waals surface area (Å²) in [5.74, 6) is 2.24. The van der Waals surface area contributed by atoms with E-state index in [0.717, 1.165) is 19.6 Å². The van der Waals surface area contributed by atoms with Crippen LogP contribution >= 0.6 is 0 Å². The van der Waals surface area contributed by atoms with Gasteiger partial charge in [-0.1, -0.05) is 0 Å². The molecule has 0 saturated carbocycles. The lowest BCUT2D eigenvalue weighted by molar-refractivity contribution is -0.122. The van der Waals surface area contributed by atoms with Gasteiger partial charge in [0.1, 0.15) is 0 Å². The number of hydrogen-bond acceptors (Lipinski definition) is 4. The highest BCUT2D eigenvalue weighted by Gasteiger charge is 2.23. The Morgan fingerprint density at radius 1 is 1.59 bits per heavy atom. The maximum atomic E-state index is 11.6. The van der Waals surface area contributed by atoms with E-state index < -0.39 is 6.04 Å². The Bertz CT molecular complexity index is 299. The number of carbonyl (C=O) groups is 1. The molecule has 1 rings (SSSR count). The van der Waals surface area contributed by atoms with Gasteiger partial charge in [-0.15, -0.1) is 12.3 Å². The van der Waals surface area contributed by atoms with Crippen molar-refractivity contribution >= 4 is 5.91 Å². The molecule has 1 aliphatic rings. The van der Waals surface area contributed by atoms with Gasteiger partial charge in [0.05, 0.1) is 6.04 Å². The zero-order valence-corrected chi connectivity index (χ0v) is 10.6. The summed E-state index contributed by atoms with van der Waals surface area (Å²) in [7, 11) is 4.16. The zero-order chi connectivity index (χ0) is 12.8. The van der Waals surface area contributed by atoms with Crippen LogP contribution in [0, 0.1) is 12.3 Å². The molecule has 2 atom stereocenters. The number of likely N-dealkylation sites (N-methyl/N-ethyl adjacent to an activating group) is 2. The predicted molar refractivity (Wildman–Crippen MR) is 68.4 cm³/mol. The first-order chi connectivity index (χ1) is 8.04. The first kappa shape index (κ1) is 14.0. The number of hydrogen-bond donors (Lipinski definition) is 2. The fourth-order valence-corrected chi connectivity index (χ4v) is 1.89. The average Bonchev–Trinajstić information content (AvgIpc) is 2.30. The van der Waals surface area contributed by atoms with E-state index >= 15 is 0 Å². The Morgan fingerprint density at radius 2 is 2.29 bits per heavy atom. The van der Waals surface area contributed by atoms with Crippen molar-refractivity contribution in [1.82, 2.24) is 15.1 Å². The van der Waals surface area contributed by atoms with Crippen LogP contribution in [0.1, 0.15) is 6.42 Å². The number of terminal acetylenes is 1. The van der Waals surface area contributed by atoms with Crippen molar-refractivity contribution in [1.29, 1.82) is 0 Å². The van der Waals surface area contributed by atoms with E-state index in [9.17, 15) is 4.79 Å². The molecule has 0 aromatic heterocycles. The molecule has 5 heteroatoms. The monoisotopic (exact) mass is 238 g/mol. The van der Waals surface area contributed by atoms with Crippen LogP contribution in [0.4, 0.5) is 0 Å². The van der Waals surface area contributed by atoms with Gasteiger partial charge >= 0.3 is 0 Å². The number of nitrogens with one attached hydrogen (secondary N) is 1. The van der Waals surface area contributed by atoms with Gasteiger partial charge in [0.2, 0.25) is 5.91 Å². The second-order valence-corrected chi connectivity index (χ2v) is 4.66. The molecule has 0 bridgehead atoms. The van der Waals surface area contributed by atoms with Crippen molar-refractivity contribution < 1.29 is 4.79 Å². The summed E-state index contributed by atoms with van der Waals surface area (Å²) in [6.45, 7) is 3.67. The molecule has 0 aromatic carbocycles. The molecule has 3 N–H and O–H groups in total. The van der Waals surface area contributed by atoms with Crippen LogP contribution in [0.2, 0.25) is 0 Å². The van der Waals surface area contributed by atoms with Crippen LogP contribution in [0.5, 0.6) is 0 Å². The van der Waals surface area contributed by atoms with E-state index in [-0.39, 0.29) is 12.3 Å². The highest BCUT2D eigenvalue weighted by molar-refractivity contribution is 5.81. The zero-order valence-electron chi connectivity index (χ0n) is 10.6. The van der Waals surface area contributed by atoms with Crippen molar-refractivity contribution in [3.63, 3.8) is 0 Å². The molecule has 1 aliphatic heterocycles. The second kappa shape index (κ2) is 6.60. The molecule has 1 saturated heterocycles. The summed E-state index contributed by atoms with van der Waals surface area (Å²) in [6, 6.07) is -0.248. The third kappa shape index (κ3) is 4.35. The molecule has 1 fully saturated rings. The number of nitrogens with zero attached hydrogens (tertiary/aromatic N) is 2. The van der Waals surface area contributed by atoms with Crippen molar-refractivity contribution in [3.8, 4) is 12.3 Å². The first-order valence-corrected chi connectivity index (χ1v) is 5.90. The quantitative estimate of drug-likeness (QED) is 0.598. The van der Waals surface area contributed by atoms with Crippen molar-refractivity contribution in [2.75, 3.05) is 40.3 Å². The smallest absolute Gasteiger partial charge is 0.237 e. The number of piperazine rings is 1. The molecule has 0 spiro atoms. The molecule has 2 unspecified atom stereocenters. The lowest BCUT2D eigenvalue weighted by Crippen LogP contribution is -2.55. The summed E-state index contributed by atoms with van der Waals surface area (Å²) in [5.41, 5.74) is 5.63. The summed E-state index contributed by atoms with van der Waals surface area (Å²) in [5, 5.41) is 2.86. The van der Waals surface area contributed by atoms with Crippen LogP contribution in [0.15, 0.2) is 0 Å². The molecule has 5 nitrogen and oxygen atoms in total. The van der Waals surface area contributed by atoms with E-state index in [0.29, 0.717) is 12.6 Å². The molecule has 96 valence electrons. The van der Waals surface area contributed by atoms with Gasteiger partial charge in [-0.3, -0.25) is 9.69 Å². The minimum Gasteiger partial charge on any atom is -0.353 e. The second-order valence-electron chi connectivity index (χ2n) is 4.66. The molecule has 1 heterocycles. The highest BCUT2D eigenvalue weighted by atomic mass is 16.2. The Morgan fingerprint density at radius 3 is 2.94 bits per heavy atom. The average molecular weight is 238 g/mol. The number of carbonyl (C=O) groups excluding carboxylic acids is 1. The van der Waals surface area contributed by atoms with E-state index in [1.54, 1.807) is 0 Å². The Balaban J connectivity index is 2.34. The Kier molecular flexibility index (Phi) is 5.42. The van der Waals surface area contributed by atoms with E-state index in [1.807, 2.05) is 0 Å². The van der Waals surface area contributed by atoms with Crippen molar-refractivity contribution in [2.45, 2.75) is 18.5 Å². The van der Waals surface area contributed by atoms with Crippen LogP contribution in [-0.2, 0) is 4.79 Å². The summed E-state index contributed by atoms with van der Waals surface area (Å²) < 4.78 is 0. The van der Waals surface area contributed by atoms with Crippen LogP contribution in [0.25, 0.3) is 0 Å². The van der Waals surface area contributed by atoms with Gasteiger partial charge in [0.25, 0.3) is 0 Å². The molecule has 0 aliphatic carbocycles. The minimum atomic E-state index is -0.591. The van der Waals surface area contributed by atoms with Gasteiger partial charge in [-0.25, -0.2) is 0 Å². The Labute approximate surface area is 103 Å². The first-order valence-electron chi connectivity index (χ1n) is 5.90. The standard InChI is InChI=1S/C12H22N4O/c1-4-5-11(13)12(17)14-8-10-9-15(2)6-7-16(10)3/h1,10-11H,5-9,13H2,2-3H3,(H,14,17). The normalized spacial score (nSPS) is 24.0. The van der Waals surface area contributed by atoms with E-state index in [1.165, 1.54) is 0 Å². The fourth-order valence-electron chi connectivity index (χ4n) is 1.89. The third-order valence-corrected chi connectivity index (χ3v) is 3.17. The van der Waals surface area contributed by atoms with Crippen molar-refractivity contribution in [3.05, 3.63) is 0 Å². The molecule has 0 aromatic rings. The number of rotatable bonds is 4. The largest absolute Gasteiger partial charge is 0.353 e. The highest BCUT2D eigenvalue weighted by Crippen LogP contribution is 2.04. The van der Waals surface area contributed by atoms with Crippen LogP contribution < -0.4 is 11.1 Å². The van der Waals surface area contributed by atoms with E-state index in [4.69, 9.17) is 12.2 Å². The van der Waals surface area contributed by atoms with Crippen molar-refractivity contribution in [2.24, 2.45) is 5.73 Å². The Hall–Kier alpha value is -1.09. The molecular formula is C12H22N4O. The third-order valence-electron chi connectivity index (χ3n) is 3.17. The minimum absolute atomic E-state index is 0.162. The summed E-state index contributed by atoms with van der Waals surface area (Å²) >= 11 is 0. The fraction of sp³-hybridized carbons (Fsp3) is 0.750. The maximum absolute atomic E-state index is 11.6. The molecule has 17 heavy (non-hydrogen) atoms. The van der Waals surface area contributed by atoms with Gasteiger partial charge in [0.15, 0.2) is 0 Å². The van der Waals surface area contributed by atoms with Gasteiger partial charge in [0, 0.05) is 38.6 Å². The summed E-state index contributed by atoms with van der Waals surface area (Å²) in [4.78, 5) is 16.1. The predicted octanol–water partition coefficient (Wildman–Crippen LogP) is -1.30. The maximum Gasteiger partial charge on any atom is 0.237 e. The summed E-state index contributed by atoms with van der Waals surface area (Å²) in [6.07, 6.45) is 5.41. The number of nitrogens with two attached hydrogens (primary N) is 1. The van der Waals surface area contributed by atoms with Gasteiger partial charge < -0.3 is 16.0 Å². The van der Waals surface area contributed by atoms with Crippen LogP contribution in [-0.4, -0.2) is 68.1 Å². The molecular weight excluding hydrogens is 216 g/mol. The molecule has 1 amide bonds. The molecule has 0 radical (unpaired) electrons. The topological polar surface area (TPSA) is 61.6 Å². The van der Waals surface area contributed by atoms with E-state index in [2.05, 4.69) is 35.1 Å². The number of amides is 1. The lowest BCUT2D eigenvalue weighted by Gasteiger charge is -2.37. The van der Waals surface area contributed by atoms with Gasteiger partial charge in [-0.2, -0.15) is 0 Å².